The molecule has 0 saturated carbocycles. The van der Waals surface area contributed by atoms with Crippen LogP contribution in [0.2, 0.25) is 5.02 Å². The van der Waals surface area contributed by atoms with E-state index < -0.39 is 11.6 Å². The smallest absolute Gasteiger partial charge is 0.309 e. The van der Waals surface area contributed by atoms with Gasteiger partial charge in [-0.2, -0.15) is 0 Å². The van der Waals surface area contributed by atoms with Crippen LogP contribution in [0.1, 0.15) is 25.8 Å². The minimum absolute atomic E-state index is 0.0822. The van der Waals surface area contributed by atoms with Crippen molar-refractivity contribution in [2.75, 3.05) is 6.61 Å². The normalized spacial score (nSPS) is 14.2. The number of carbonyl (C=O) groups excluding carboxylic acids is 1. The van der Waals surface area contributed by atoms with Crippen LogP contribution in [0.15, 0.2) is 24.3 Å². The summed E-state index contributed by atoms with van der Waals surface area (Å²) < 4.78 is 4.80. The number of hydrogen-bond acceptors (Lipinski definition) is 3. The molecule has 0 saturated heterocycles. The molecule has 0 radical (unpaired) electrons. The van der Waals surface area contributed by atoms with E-state index >= 15 is 0 Å². The summed E-state index contributed by atoms with van der Waals surface area (Å²) in [6, 6.07) is 6.81. The minimum Gasteiger partial charge on any atom is -0.466 e. The Hall–Kier alpha value is -1.06. The molecule has 0 fully saturated rings. The number of benzene rings is 1. The van der Waals surface area contributed by atoms with Gasteiger partial charge in [0.05, 0.1) is 18.6 Å². The highest BCUT2D eigenvalue weighted by Crippen LogP contribution is 2.26. The third-order valence-corrected chi connectivity index (χ3v) is 2.48. The summed E-state index contributed by atoms with van der Waals surface area (Å²) in [4.78, 5) is 11.3. The minimum atomic E-state index is -1.25. The third kappa shape index (κ3) is 3.51. The molecule has 0 bridgehead atoms. The van der Waals surface area contributed by atoms with E-state index in [-0.39, 0.29) is 6.42 Å². The lowest BCUT2D eigenvalue weighted by atomic mass is 9.93. The molecule has 0 heterocycles. The number of carbonyl (C=O) groups is 1. The van der Waals surface area contributed by atoms with Gasteiger partial charge in [-0.15, -0.1) is 0 Å². The molecule has 1 unspecified atom stereocenters. The van der Waals surface area contributed by atoms with Crippen LogP contribution < -0.4 is 0 Å². The van der Waals surface area contributed by atoms with Crippen LogP contribution in [0.3, 0.4) is 0 Å². The summed E-state index contributed by atoms with van der Waals surface area (Å²) in [7, 11) is 0. The second-order valence-electron chi connectivity index (χ2n) is 3.77. The SMILES string of the molecule is CCOC(=O)CC(C)(O)c1cccc(Cl)c1. The van der Waals surface area contributed by atoms with E-state index in [2.05, 4.69) is 0 Å². The van der Waals surface area contributed by atoms with Crippen LogP contribution in [-0.4, -0.2) is 17.7 Å². The van der Waals surface area contributed by atoms with Crippen LogP contribution in [-0.2, 0) is 15.1 Å². The Kier molecular flexibility index (Phi) is 4.33. The molecule has 0 aliphatic rings. The van der Waals surface area contributed by atoms with E-state index in [0.29, 0.717) is 17.2 Å². The van der Waals surface area contributed by atoms with Crippen molar-refractivity contribution in [1.82, 2.24) is 0 Å². The first kappa shape index (κ1) is 13.0. The van der Waals surface area contributed by atoms with Gasteiger partial charge in [-0.3, -0.25) is 4.79 Å². The van der Waals surface area contributed by atoms with E-state index in [4.69, 9.17) is 16.3 Å². The Morgan fingerprint density at radius 2 is 2.25 bits per heavy atom. The molecular weight excluding hydrogens is 228 g/mol. The van der Waals surface area contributed by atoms with Crippen LogP contribution in [0.4, 0.5) is 0 Å². The van der Waals surface area contributed by atoms with Crippen LogP contribution >= 0.6 is 11.6 Å². The van der Waals surface area contributed by atoms with Crippen molar-refractivity contribution in [3.63, 3.8) is 0 Å². The molecule has 1 N–H and O–H groups in total. The van der Waals surface area contributed by atoms with Crippen LogP contribution in [0.25, 0.3) is 0 Å². The van der Waals surface area contributed by atoms with Gasteiger partial charge in [0, 0.05) is 5.02 Å². The summed E-state index contributed by atoms with van der Waals surface area (Å²) in [5.41, 5.74) is -0.648. The molecule has 1 aromatic carbocycles. The van der Waals surface area contributed by atoms with Gasteiger partial charge in [-0.05, 0) is 31.5 Å². The maximum atomic E-state index is 11.3. The van der Waals surface area contributed by atoms with Crippen molar-refractivity contribution in [3.05, 3.63) is 34.9 Å². The molecule has 0 aliphatic heterocycles. The number of hydrogen-bond donors (Lipinski definition) is 1. The van der Waals surface area contributed by atoms with Gasteiger partial charge in [-0.1, -0.05) is 23.7 Å². The molecule has 0 aliphatic carbocycles. The highest BCUT2D eigenvalue weighted by Gasteiger charge is 2.27. The zero-order chi connectivity index (χ0) is 12.2. The third-order valence-electron chi connectivity index (χ3n) is 2.24. The van der Waals surface area contributed by atoms with E-state index in [0.717, 1.165) is 0 Å². The van der Waals surface area contributed by atoms with Crippen LogP contribution in [0, 0.1) is 0 Å². The average molecular weight is 243 g/mol. The fourth-order valence-electron chi connectivity index (χ4n) is 1.42. The van der Waals surface area contributed by atoms with Crippen molar-refractivity contribution in [2.24, 2.45) is 0 Å². The number of rotatable bonds is 4. The van der Waals surface area contributed by atoms with Gasteiger partial charge in [0.25, 0.3) is 0 Å². The van der Waals surface area contributed by atoms with Crippen LogP contribution in [0.5, 0.6) is 0 Å². The fourth-order valence-corrected chi connectivity index (χ4v) is 1.61. The highest BCUT2D eigenvalue weighted by molar-refractivity contribution is 6.30. The molecule has 3 nitrogen and oxygen atoms in total. The number of esters is 1. The van der Waals surface area contributed by atoms with E-state index in [1.54, 1.807) is 38.1 Å². The summed E-state index contributed by atoms with van der Waals surface area (Å²) in [6.45, 7) is 3.60. The lowest BCUT2D eigenvalue weighted by Crippen LogP contribution is -2.26. The molecule has 4 heteroatoms. The maximum absolute atomic E-state index is 11.3. The maximum Gasteiger partial charge on any atom is 0.309 e. The molecule has 0 amide bonds. The van der Waals surface area contributed by atoms with Gasteiger partial charge in [-0.25, -0.2) is 0 Å². The second kappa shape index (κ2) is 5.32. The molecular formula is C12H15ClO3. The Balaban J connectivity index is 2.81. The zero-order valence-corrected chi connectivity index (χ0v) is 10.1. The number of aliphatic hydroxyl groups is 1. The molecule has 0 aromatic heterocycles. The van der Waals surface area contributed by atoms with E-state index in [1.165, 1.54) is 0 Å². The Labute approximate surface area is 100.0 Å². The highest BCUT2D eigenvalue weighted by atomic mass is 35.5. The van der Waals surface area contributed by atoms with Crippen molar-refractivity contribution in [3.8, 4) is 0 Å². The van der Waals surface area contributed by atoms with Gasteiger partial charge in [0.15, 0.2) is 0 Å². The first-order chi connectivity index (χ1) is 7.45. The Morgan fingerprint density at radius 1 is 1.56 bits per heavy atom. The predicted octanol–water partition coefficient (Wildman–Crippen LogP) is 2.50. The van der Waals surface area contributed by atoms with Gasteiger partial charge >= 0.3 is 5.97 Å². The molecule has 16 heavy (non-hydrogen) atoms. The quantitative estimate of drug-likeness (QED) is 0.826. The monoisotopic (exact) mass is 242 g/mol. The average Bonchev–Trinajstić information content (AvgIpc) is 2.17. The van der Waals surface area contributed by atoms with E-state index in [9.17, 15) is 9.90 Å². The standard InChI is InChI=1S/C12H15ClO3/c1-3-16-11(14)8-12(2,15)9-5-4-6-10(13)7-9/h4-7,15H,3,8H2,1-2H3. The molecule has 1 aromatic rings. The van der Waals surface area contributed by atoms with Gasteiger partial charge in [0.1, 0.15) is 0 Å². The first-order valence-electron chi connectivity index (χ1n) is 5.10. The predicted molar refractivity (Wildman–Crippen MR) is 62.3 cm³/mol. The van der Waals surface area contributed by atoms with Crippen molar-refractivity contribution in [2.45, 2.75) is 25.9 Å². The Bertz CT molecular complexity index is 374. The first-order valence-corrected chi connectivity index (χ1v) is 5.47. The lowest BCUT2D eigenvalue weighted by Gasteiger charge is -2.22. The van der Waals surface area contributed by atoms with Crippen molar-refractivity contribution >= 4 is 17.6 Å². The number of halogens is 1. The molecule has 88 valence electrons. The lowest BCUT2D eigenvalue weighted by molar-refractivity contribution is -0.148. The topological polar surface area (TPSA) is 46.5 Å². The van der Waals surface area contributed by atoms with Gasteiger partial charge < -0.3 is 9.84 Å². The summed E-state index contributed by atoms with van der Waals surface area (Å²) in [5.74, 6) is -0.424. The van der Waals surface area contributed by atoms with Crippen molar-refractivity contribution in [1.29, 1.82) is 0 Å². The van der Waals surface area contributed by atoms with E-state index in [1.807, 2.05) is 0 Å². The van der Waals surface area contributed by atoms with Gasteiger partial charge in [0.2, 0.25) is 0 Å². The summed E-state index contributed by atoms with van der Waals surface area (Å²) in [5, 5.41) is 10.7. The Morgan fingerprint density at radius 3 is 2.81 bits per heavy atom. The molecule has 0 spiro atoms. The largest absolute Gasteiger partial charge is 0.466 e. The second-order valence-corrected chi connectivity index (χ2v) is 4.20. The zero-order valence-electron chi connectivity index (χ0n) is 9.37. The summed E-state index contributed by atoms with van der Waals surface area (Å²) in [6.07, 6.45) is -0.0822. The van der Waals surface area contributed by atoms with Crippen molar-refractivity contribution < 1.29 is 14.6 Å². The fraction of sp³-hybridized carbons (Fsp3) is 0.417. The summed E-state index contributed by atoms with van der Waals surface area (Å²) >= 11 is 5.82. The molecule has 1 atom stereocenters. The molecule has 1 rings (SSSR count). The number of ether oxygens (including phenoxy) is 1.